The van der Waals surface area contributed by atoms with Crippen LogP contribution in [0.1, 0.15) is 67.2 Å². The largest absolute Gasteiger partial charge is 0.379 e. The maximum atomic E-state index is 6.58. The minimum Gasteiger partial charge on any atom is -0.379 e. The summed E-state index contributed by atoms with van der Waals surface area (Å²) in [7, 11) is 1.72. The van der Waals surface area contributed by atoms with Crippen LogP contribution in [0.15, 0.2) is 0 Å². The van der Waals surface area contributed by atoms with E-state index < -0.39 is 5.79 Å². The van der Waals surface area contributed by atoms with Crippen LogP contribution in [0.2, 0.25) is 0 Å². The zero-order valence-corrected chi connectivity index (χ0v) is 15.5. The van der Waals surface area contributed by atoms with E-state index >= 15 is 0 Å². The summed E-state index contributed by atoms with van der Waals surface area (Å²) < 4.78 is 18.4. The third kappa shape index (κ3) is 1.91. The molecule has 22 heavy (non-hydrogen) atoms. The average molecular weight is 310 g/mol. The van der Waals surface area contributed by atoms with Crippen molar-refractivity contribution in [3.8, 4) is 0 Å². The van der Waals surface area contributed by atoms with Crippen LogP contribution in [0, 0.1) is 22.7 Å². The Balaban J connectivity index is 2.02. The molecule has 1 heterocycles. The minimum atomic E-state index is -0.609. The van der Waals surface area contributed by atoms with Crippen LogP contribution in [-0.4, -0.2) is 31.2 Å². The number of rotatable bonds is 3. The zero-order chi connectivity index (χ0) is 16.4. The molecule has 3 fully saturated rings. The van der Waals surface area contributed by atoms with Gasteiger partial charge in [0.2, 0.25) is 0 Å². The topological polar surface area (TPSA) is 27.7 Å². The highest BCUT2D eigenvalue weighted by molar-refractivity contribution is 5.17. The van der Waals surface area contributed by atoms with Crippen molar-refractivity contribution in [2.24, 2.45) is 22.7 Å². The average Bonchev–Trinajstić information content (AvgIpc) is 2.88. The van der Waals surface area contributed by atoms with Crippen LogP contribution in [0.4, 0.5) is 0 Å². The molecule has 0 N–H and O–H groups in total. The molecule has 1 saturated heterocycles. The fourth-order valence-corrected chi connectivity index (χ4v) is 6.25. The lowest BCUT2D eigenvalue weighted by Crippen LogP contribution is -2.62. The Bertz CT molecular complexity index is 448. The summed E-state index contributed by atoms with van der Waals surface area (Å²) in [6.45, 7) is 14.5. The number of hydrogen-bond acceptors (Lipinski definition) is 3. The number of fused-ring (bicyclic) bond motifs is 2. The molecule has 6 atom stereocenters. The van der Waals surface area contributed by atoms with Crippen molar-refractivity contribution in [1.29, 1.82) is 0 Å². The normalized spacial score (nSPS) is 53.3. The van der Waals surface area contributed by atoms with Gasteiger partial charge < -0.3 is 14.2 Å². The molecule has 3 heteroatoms. The Hall–Kier alpha value is -0.120. The van der Waals surface area contributed by atoms with Crippen molar-refractivity contribution < 1.29 is 14.2 Å². The summed E-state index contributed by atoms with van der Waals surface area (Å²) in [5.41, 5.74) is 0.297. The van der Waals surface area contributed by atoms with E-state index in [4.69, 9.17) is 14.2 Å². The van der Waals surface area contributed by atoms with E-state index in [2.05, 4.69) is 34.6 Å². The van der Waals surface area contributed by atoms with Gasteiger partial charge in [-0.2, -0.15) is 0 Å². The fourth-order valence-electron chi connectivity index (χ4n) is 6.25. The van der Waals surface area contributed by atoms with Crippen molar-refractivity contribution in [1.82, 2.24) is 0 Å². The predicted octanol–water partition coefficient (Wildman–Crippen LogP) is 4.40. The smallest absolute Gasteiger partial charge is 0.190 e. The molecule has 0 amide bonds. The summed E-state index contributed by atoms with van der Waals surface area (Å²) in [5, 5.41) is 0. The van der Waals surface area contributed by atoms with Crippen LogP contribution in [-0.2, 0) is 14.2 Å². The molecule has 3 aliphatic rings. The Kier molecular flexibility index (Phi) is 3.75. The molecular formula is C19H34O3. The molecule has 3 rings (SSSR count). The lowest BCUT2D eigenvalue weighted by Gasteiger charge is -2.59. The molecule has 128 valence electrons. The molecule has 2 saturated carbocycles. The standard InChI is InChI=1S/C19H34O3/c1-8-19-11-15-18(6,22-17(5,21-15)12-20-7)16(3,4)14(19)10-9-13(19)2/h13-15H,8-12H2,1-7H3. The van der Waals surface area contributed by atoms with Gasteiger partial charge in [-0.05, 0) is 62.2 Å². The van der Waals surface area contributed by atoms with E-state index in [1.165, 1.54) is 19.3 Å². The Morgan fingerprint density at radius 1 is 1.14 bits per heavy atom. The highest BCUT2D eigenvalue weighted by Crippen LogP contribution is 2.69. The molecule has 0 spiro atoms. The van der Waals surface area contributed by atoms with Gasteiger partial charge in [-0.3, -0.25) is 0 Å². The van der Waals surface area contributed by atoms with Gasteiger partial charge in [0, 0.05) is 7.11 Å². The molecule has 2 aliphatic carbocycles. The third-order valence-electron chi connectivity index (χ3n) is 7.78. The van der Waals surface area contributed by atoms with Gasteiger partial charge in [0.25, 0.3) is 0 Å². The van der Waals surface area contributed by atoms with Gasteiger partial charge in [-0.1, -0.05) is 27.7 Å². The van der Waals surface area contributed by atoms with Gasteiger partial charge in [0.05, 0.1) is 6.10 Å². The third-order valence-corrected chi connectivity index (χ3v) is 7.78. The lowest BCUT2D eigenvalue weighted by molar-refractivity contribution is -0.225. The molecule has 0 radical (unpaired) electrons. The SMILES string of the molecule is CCC12CC3OC(C)(COC)OC3(C)C(C)(C)C1CCC2C. The molecular weight excluding hydrogens is 276 g/mol. The summed E-state index contributed by atoms with van der Waals surface area (Å²) in [4.78, 5) is 0. The maximum absolute atomic E-state index is 6.58. The van der Waals surface area contributed by atoms with Crippen molar-refractivity contribution in [3.63, 3.8) is 0 Å². The predicted molar refractivity (Wildman–Crippen MR) is 87.7 cm³/mol. The van der Waals surface area contributed by atoms with Gasteiger partial charge in [0.15, 0.2) is 5.79 Å². The van der Waals surface area contributed by atoms with Crippen LogP contribution >= 0.6 is 0 Å². The van der Waals surface area contributed by atoms with Crippen LogP contribution in [0.25, 0.3) is 0 Å². The Labute approximate surface area is 136 Å². The maximum Gasteiger partial charge on any atom is 0.190 e. The molecule has 0 aromatic rings. The first-order valence-corrected chi connectivity index (χ1v) is 9.02. The number of ether oxygens (including phenoxy) is 3. The molecule has 6 unspecified atom stereocenters. The van der Waals surface area contributed by atoms with E-state index in [-0.39, 0.29) is 17.1 Å². The zero-order valence-electron chi connectivity index (χ0n) is 15.5. The quantitative estimate of drug-likeness (QED) is 0.773. The summed E-state index contributed by atoms with van der Waals surface area (Å²) >= 11 is 0. The summed E-state index contributed by atoms with van der Waals surface area (Å²) in [6, 6.07) is 0. The number of methoxy groups -OCH3 is 1. The van der Waals surface area contributed by atoms with E-state index in [1.54, 1.807) is 7.11 Å². The second-order valence-corrected chi connectivity index (χ2v) is 8.93. The van der Waals surface area contributed by atoms with E-state index in [1.807, 2.05) is 6.92 Å². The first-order valence-electron chi connectivity index (χ1n) is 9.02. The fraction of sp³-hybridized carbons (Fsp3) is 1.00. The monoisotopic (exact) mass is 310 g/mol. The Morgan fingerprint density at radius 2 is 1.82 bits per heavy atom. The van der Waals surface area contributed by atoms with Gasteiger partial charge in [-0.25, -0.2) is 0 Å². The molecule has 0 bridgehead atoms. The summed E-state index contributed by atoms with van der Waals surface area (Å²) in [5.74, 6) is 0.890. The van der Waals surface area contributed by atoms with Crippen LogP contribution < -0.4 is 0 Å². The van der Waals surface area contributed by atoms with Gasteiger partial charge >= 0.3 is 0 Å². The first kappa shape index (κ1) is 16.7. The lowest BCUT2D eigenvalue weighted by atomic mass is 9.48. The van der Waals surface area contributed by atoms with Crippen molar-refractivity contribution in [2.45, 2.75) is 84.7 Å². The van der Waals surface area contributed by atoms with Crippen molar-refractivity contribution >= 4 is 0 Å². The van der Waals surface area contributed by atoms with E-state index in [0.29, 0.717) is 12.0 Å². The van der Waals surface area contributed by atoms with Gasteiger partial charge in [0.1, 0.15) is 12.2 Å². The van der Waals surface area contributed by atoms with Crippen molar-refractivity contribution in [2.75, 3.05) is 13.7 Å². The van der Waals surface area contributed by atoms with E-state index in [9.17, 15) is 0 Å². The molecule has 3 nitrogen and oxygen atoms in total. The first-order chi connectivity index (χ1) is 10.2. The molecule has 1 aliphatic heterocycles. The number of hydrogen-bond donors (Lipinski definition) is 0. The molecule has 0 aromatic heterocycles. The second kappa shape index (κ2) is 4.94. The highest BCUT2D eigenvalue weighted by atomic mass is 16.8. The highest BCUT2D eigenvalue weighted by Gasteiger charge is 2.70. The van der Waals surface area contributed by atoms with Crippen LogP contribution in [0.3, 0.4) is 0 Å². The second-order valence-electron chi connectivity index (χ2n) is 8.93. The van der Waals surface area contributed by atoms with Crippen LogP contribution in [0.5, 0.6) is 0 Å². The molecule has 0 aromatic carbocycles. The van der Waals surface area contributed by atoms with Gasteiger partial charge in [-0.15, -0.1) is 0 Å². The minimum absolute atomic E-state index is 0.113. The Morgan fingerprint density at radius 3 is 2.41 bits per heavy atom. The van der Waals surface area contributed by atoms with Crippen molar-refractivity contribution in [3.05, 3.63) is 0 Å². The summed E-state index contributed by atoms with van der Waals surface area (Å²) in [6.07, 6.45) is 5.22. The van der Waals surface area contributed by atoms with E-state index in [0.717, 1.165) is 18.3 Å².